The monoisotopic (exact) mass is 368 g/mol. The van der Waals surface area contributed by atoms with E-state index < -0.39 is 0 Å². The summed E-state index contributed by atoms with van der Waals surface area (Å²) < 4.78 is 5.26. The van der Waals surface area contributed by atoms with E-state index >= 15 is 0 Å². The van der Waals surface area contributed by atoms with E-state index in [1.54, 1.807) is 31.7 Å². The first-order valence-electron chi connectivity index (χ1n) is 8.50. The van der Waals surface area contributed by atoms with Crippen molar-refractivity contribution in [2.75, 3.05) is 25.1 Å². The standard InChI is InChI=1S/C19H20N4O2S/c1-12(24)22-17-10-23(18-15-7-8-26-19(15)21-11-20-18)9-16(17)13-3-5-14(25-2)6-4-13/h3-8,11,16-17H,9-10H2,1-2H3,(H,22,24)/t16-,17+/m0/s1. The first-order valence-corrected chi connectivity index (χ1v) is 9.38. The summed E-state index contributed by atoms with van der Waals surface area (Å²) in [5, 5.41) is 6.21. The van der Waals surface area contributed by atoms with Gasteiger partial charge < -0.3 is 15.0 Å². The second-order valence-electron chi connectivity index (χ2n) is 6.43. The van der Waals surface area contributed by atoms with E-state index in [0.717, 1.165) is 34.9 Å². The molecule has 1 N–H and O–H groups in total. The number of thiophene rings is 1. The Morgan fingerprint density at radius 3 is 2.77 bits per heavy atom. The van der Waals surface area contributed by atoms with E-state index in [-0.39, 0.29) is 17.9 Å². The Bertz CT molecular complexity index is 925. The maximum absolute atomic E-state index is 11.7. The third-order valence-corrected chi connectivity index (χ3v) is 5.61. The van der Waals surface area contributed by atoms with Crippen molar-refractivity contribution in [2.24, 2.45) is 0 Å². The van der Waals surface area contributed by atoms with Gasteiger partial charge in [-0.05, 0) is 29.1 Å². The molecule has 0 saturated carbocycles. The van der Waals surface area contributed by atoms with Crippen molar-refractivity contribution < 1.29 is 9.53 Å². The van der Waals surface area contributed by atoms with Gasteiger partial charge in [-0.1, -0.05) is 12.1 Å². The van der Waals surface area contributed by atoms with Gasteiger partial charge in [0.05, 0.1) is 18.5 Å². The third kappa shape index (κ3) is 3.10. The Morgan fingerprint density at radius 1 is 1.23 bits per heavy atom. The molecule has 134 valence electrons. The quantitative estimate of drug-likeness (QED) is 0.767. The second kappa shape index (κ2) is 6.92. The second-order valence-corrected chi connectivity index (χ2v) is 7.32. The number of carbonyl (C=O) groups is 1. The Kier molecular flexibility index (Phi) is 4.46. The number of nitrogens with zero attached hydrogens (tertiary/aromatic N) is 3. The number of amides is 1. The largest absolute Gasteiger partial charge is 0.497 e. The summed E-state index contributed by atoms with van der Waals surface area (Å²) in [5.74, 6) is 1.94. The molecule has 26 heavy (non-hydrogen) atoms. The van der Waals surface area contributed by atoms with Crippen LogP contribution in [0.1, 0.15) is 18.4 Å². The van der Waals surface area contributed by atoms with Crippen LogP contribution in [0.25, 0.3) is 10.2 Å². The van der Waals surface area contributed by atoms with Crippen LogP contribution < -0.4 is 15.0 Å². The van der Waals surface area contributed by atoms with Crippen LogP contribution in [0.3, 0.4) is 0 Å². The molecule has 3 aromatic rings. The van der Waals surface area contributed by atoms with Gasteiger partial charge in [0.25, 0.3) is 0 Å². The molecule has 4 rings (SSSR count). The molecule has 1 aliphatic heterocycles. The predicted octanol–water partition coefficient (Wildman–Crippen LogP) is 2.81. The van der Waals surface area contributed by atoms with Crippen LogP contribution in [0.15, 0.2) is 42.0 Å². The Balaban J connectivity index is 1.66. The zero-order valence-electron chi connectivity index (χ0n) is 14.7. The number of ether oxygens (including phenoxy) is 1. The van der Waals surface area contributed by atoms with Crippen molar-refractivity contribution >= 4 is 33.3 Å². The van der Waals surface area contributed by atoms with Crippen LogP contribution in [0.4, 0.5) is 5.82 Å². The summed E-state index contributed by atoms with van der Waals surface area (Å²) in [7, 11) is 1.66. The highest BCUT2D eigenvalue weighted by molar-refractivity contribution is 7.16. The number of rotatable bonds is 4. The van der Waals surface area contributed by atoms with E-state index in [2.05, 4.69) is 38.4 Å². The molecule has 1 aromatic carbocycles. The molecule has 6 nitrogen and oxygen atoms in total. The van der Waals surface area contributed by atoms with Crippen molar-refractivity contribution in [1.82, 2.24) is 15.3 Å². The Hall–Kier alpha value is -2.67. The number of anilines is 1. The molecule has 1 saturated heterocycles. The molecule has 1 fully saturated rings. The van der Waals surface area contributed by atoms with Crippen molar-refractivity contribution in [3.05, 3.63) is 47.6 Å². The lowest BCUT2D eigenvalue weighted by Gasteiger charge is -2.19. The van der Waals surface area contributed by atoms with Gasteiger partial charge in [-0.3, -0.25) is 4.79 Å². The van der Waals surface area contributed by atoms with Crippen LogP contribution in [0.5, 0.6) is 5.75 Å². The highest BCUT2D eigenvalue weighted by Gasteiger charge is 2.35. The molecule has 0 bridgehead atoms. The number of hydrogen-bond acceptors (Lipinski definition) is 6. The maximum atomic E-state index is 11.7. The summed E-state index contributed by atoms with van der Waals surface area (Å²) in [6.45, 7) is 3.08. The Labute approximate surface area is 155 Å². The molecule has 0 unspecified atom stereocenters. The third-order valence-electron chi connectivity index (χ3n) is 4.79. The van der Waals surface area contributed by atoms with Crippen LogP contribution >= 0.6 is 11.3 Å². The molecule has 1 amide bonds. The average Bonchev–Trinajstić information content (AvgIpc) is 3.28. The summed E-state index contributed by atoms with van der Waals surface area (Å²) >= 11 is 1.61. The number of aromatic nitrogens is 2. The highest BCUT2D eigenvalue weighted by Crippen LogP contribution is 2.34. The molecule has 0 aliphatic carbocycles. The van der Waals surface area contributed by atoms with Crippen LogP contribution in [-0.4, -0.2) is 42.1 Å². The number of methoxy groups -OCH3 is 1. The fourth-order valence-electron chi connectivity index (χ4n) is 3.60. The van der Waals surface area contributed by atoms with Gasteiger partial charge in [0.2, 0.25) is 5.91 Å². The lowest BCUT2D eigenvalue weighted by Crippen LogP contribution is -2.38. The van der Waals surface area contributed by atoms with E-state index in [1.807, 2.05) is 17.5 Å². The van der Waals surface area contributed by atoms with E-state index in [0.29, 0.717) is 0 Å². The molecule has 0 spiro atoms. The molecule has 7 heteroatoms. The van der Waals surface area contributed by atoms with E-state index in [4.69, 9.17) is 4.74 Å². The summed E-state index contributed by atoms with van der Waals surface area (Å²) in [5.41, 5.74) is 1.18. The molecule has 1 aliphatic rings. The molecule has 2 aromatic heterocycles. The normalized spacial score (nSPS) is 19.7. The number of benzene rings is 1. The fraction of sp³-hybridized carbons (Fsp3) is 0.316. The van der Waals surface area contributed by atoms with Crippen LogP contribution in [-0.2, 0) is 4.79 Å². The van der Waals surface area contributed by atoms with E-state index in [1.165, 1.54) is 5.56 Å². The number of fused-ring (bicyclic) bond motifs is 1. The van der Waals surface area contributed by atoms with Gasteiger partial charge in [0.15, 0.2) is 0 Å². The SMILES string of the molecule is COc1ccc([C@@H]2CN(c3ncnc4sccc34)C[C@H]2NC(C)=O)cc1. The maximum Gasteiger partial charge on any atom is 0.217 e. The van der Waals surface area contributed by atoms with Gasteiger partial charge in [-0.15, -0.1) is 11.3 Å². The topological polar surface area (TPSA) is 67.3 Å². The van der Waals surface area contributed by atoms with E-state index in [9.17, 15) is 4.79 Å². The number of carbonyl (C=O) groups excluding carboxylic acids is 1. The van der Waals surface area contributed by atoms with Crippen molar-refractivity contribution in [3.63, 3.8) is 0 Å². The van der Waals surface area contributed by atoms with Crippen LogP contribution in [0, 0.1) is 0 Å². The first-order chi connectivity index (χ1) is 12.7. The van der Waals surface area contributed by atoms with Gasteiger partial charge in [-0.25, -0.2) is 9.97 Å². The van der Waals surface area contributed by atoms with Gasteiger partial charge in [0, 0.05) is 25.9 Å². The smallest absolute Gasteiger partial charge is 0.217 e. The molecule has 3 heterocycles. The molecule has 0 radical (unpaired) electrons. The minimum absolute atomic E-state index is 0.0151. The van der Waals surface area contributed by atoms with Crippen LogP contribution in [0.2, 0.25) is 0 Å². The first kappa shape index (κ1) is 16.8. The van der Waals surface area contributed by atoms with Crippen molar-refractivity contribution in [1.29, 1.82) is 0 Å². The zero-order valence-corrected chi connectivity index (χ0v) is 15.5. The van der Waals surface area contributed by atoms with Gasteiger partial charge >= 0.3 is 0 Å². The van der Waals surface area contributed by atoms with Gasteiger partial charge in [0.1, 0.15) is 22.7 Å². The lowest BCUT2D eigenvalue weighted by atomic mass is 9.94. The van der Waals surface area contributed by atoms with Gasteiger partial charge in [-0.2, -0.15) is 0 Å². The summed E-state index contributed by atoms with van der Waals surface area (Å²) in [6, 6.07) is 10.2. The van der Waals surface area contributed by atoms with Crippen molar-refractivity contribution in [2.45, 2.75) is 18.9 Å². The highest BCUT2D eigenvalue weighted by atomic mass is 32.1. The Morgan fingerprint density at radius 2 is 2.04 bits per heavy atom. The summed E-state index contributed by atoms with van der Waals surface area (Å²) in [4.78, 5) is 23.8. The average molecular weight is 368 g/mol. The molecular weight excluding hydrogens is 348 g/mol. The lowest BCUT2D eigenvalue weighted by molar-refractivity contribution is -0.119. The molecule has 2 atom stereocenters. The number of hydrogen-bond donors (Lipinski definition) is 1. The zero-order chi connectivity index (χ0) is 18.1. The predicted molar refractivity (Wildman–Crippen MR) is 103 cm³/mol. The fourth-order valence-corrected chi connectivity index (χ4v) is 4.33. The number of nitrogens with one attached hydrogen (secondary N) is 1. The summed E-state index contributed by atoms with van der Waals surface area (Å²) in [6.07, 6.45) is 1.61. The molecular formula is C19H20N4O2S. The minimum Gasteiger partial charge on any atom is -0.497 e. The minimum atomic E-state index is -0.0151. The van der Waals surface area contributed by atoms with Crippen molar-refractivity contribution in [3.8, 4) is 5.75 Å².